The van der Waals surface area contributed by atoms with Gasteiger partial charge in [-0.3, -0.25) is 0 Å². The van der Waals surface area contributed by atoms with Crippen molar-refractivity contribution in [1.29, 1.82) is 0 Å². The maximum Gasteiger partial charge on any atom is 0.123 e. The molecule has 1 aromatic rings. The SMILES string of the molecule is C[CH][C@H](c1ccc(F)cc1)C(C)C. The number of benzene rings is 1. The molecule has 1 atom stereocenters. The van der Waals surface area contributed by atoms with Gasteiger partial charge >= 0.3 is 0 Å². The predicted molar refractivity (Wildman–Crippen MR) is 54.0 cm³/mol. The van der Waals surface area contributed by atoms with Crippen LogP contribution in [0.2, 0.25) is 0 Å². The van der Waals surface area contributed by atoms with Crippen molar-refractivity contribution in [1.82, 2.24) is 0 Å². The van der Waals surface area contributed by atoms with Crippen LogP contribution in [-0.4, -0.2) is 0 Å². The molecule has 0 bridgehead atoms. The van der Waals surface area contributed by atoms with Crippen LogP contribution in [0.3, 0.4) is 0 Å². The van der Waals surface area contributed by atoms with Crippen LogP contribution < -0.4 is 0 Å². The fraction of sp³-hybridized carbons (Fsp3) is 0.417. The third-order valence-electron chi connectivity index (χ3n) is 2.33. The quantitative estimate of drug-likeness (QED) is 0.662. The summed E-state index contributed by atoms with van der Waals surface area (Å²) in [6, 6.07) is 6.77. The van der Waals surface area contributed by atoms with Gasteiger partial charge < -0.3 is 0 Å². The first-order chi connectivity index (χ1) is 6.15. The zero-order valence-corrected chi connectivity index (χ0v) is 8.42. The molecule has 0 fully saturated rings. The fourth-order valence-electron chi connectivity index (χ4n) is 1.65. The topological polar surface area (TPSA) is 0 Å². The molecule has 0 spiro atoms. The molecular formula is C12H16F. The molecule has 0 aliphatic rings. The summed E-state index contributed by atoms with van der Waals surface area (Å²) < 4.78 is 12.6. The lowest BCUT2D eigenvalue weighted by atomic mass is 9.86. The van der Waals surface area contributed by atoms with Crippen molar-refractivity contribution >= 4 is 0 Å². The maximum absolute atomic E-state index is 12.6. The molecule has 0 unspecified atom stereocenters. The molecule has 1 heteroatoms. The van der Waals surface area contributed by atoms with E-state index in [2.05, 4.69) is 20.3 Å². The third-order valence-corrected chi connectivity index (χ3v) is 2.33. The average molecular weight is 179 g/mol. The second kappa shape index (κ2) is 4.40. The Labute approximate surface area is 79.8 Å². The summed E-state index contributed by atoms with van der Waals surface area (Å²) in [4.78, 5) is 0. The molecule has 0 aromatic heterocycles. The zero-order valence-electron chi connectivity index (χ0n) is 8.42. The third kappa shape index (κ3) is 2.55. The molecule has 0 aliphatic carbocycles. The molecule has 0 heterocycles. The lowest BCUT2D eigenvalue weighted by Crippen LogP contribution is -2.05. The fourth-order valence-corrected chi connectivity index (χ4v) is 1.65. The van der Waals surface area contributed by atoms with E-state index in [-0.39, 0.29) is 5.82 Å². The molecule has 0 saturated heterocycles. The Morgan fingerprint density at radius 1 is 1.15 bits per heavy atom. The molecule has 1 rings (SSSR count). The minimum absolute atomic E-state index is 0.164. The van der Waals surface area contributed by atoms with Crippen LogP contribution in [0, 0.1) is 18.2 Å². The second-order valence-corrected chi connectivity index (χ2v) is 3.65. The second-order valence-electron chi connectivity index (χ2n) is 3.65. The van der Waals surface area contributed by atoms with Gasteiger partial charge in [-0.2, -0.15) is 0 Å². The summed E-state index contributed by atoms with van der Waals surface area (Å²) >= 11 is 0. The van der Waals surface area contributed by atoms with E-state index in [1.165, 1.54) is 17.7 Å². The first kappa shape index (κ1) is 10.2. The minimum atomic E-state index is -0.164. The molecule has 0 saturated carbocycles. The van der Waals surface area contributed by atoms with Gasteiger partial charge in [0.25, 0.3) is 0 Å². The Morgan fingerprint density at radius 2 is 1.69 bits per heavy atom. The first-order valence-electron chi connectivity index (χ1n) is 4.70. The molecule has 0 nitrogen and oxygen atoms in total. The largest absolute Gasteiger partial charge is 0.207 e. The monoisotopic (exact) mass is 179 g/mol. The Hall–Kier alpha value is -0.850. The number of hydrogen-bond acceptors (Lipinski definition) is 0. The molecule has 1 aromatic carbocycles. The molecular weight excluding hydrogens is 163 g/mol. The summed E-state index contributed by atoms with van der Waals surface area (Å²) in [5, 5.41) is 0. The number of halogens is 1. The summed E-state index contributed by atoms with van der Waals surface area (Å²) in [5.41, 5.74) is 1.19. The lowest BCUT2D eigenvalue weighted by Gasteiger charge is -2.18. The highest BCUT2D eigenvalue weighted by Crippen LogP contribution is 2.26. The Morgan fingerprint density at radius 3 is 2.08 bits per heavy atom. The van der Waals surface area contributed by atoms with Gasteiger partial charge in [-0.15, -0.1) is 0 Å². The summed E-state index contributed by atoms with van der Waals surface area (Å²) in [5.74, 6) is 0.832. The van der Waals surface area contributed by atoms with Gasteiger partial charge in [-0.1, -0.05) is 32.9 Å². The van der Waals surface area contributed by atoms with E-state index in [0.717, 1.165) is 0 Å². The van der Waals surface area contributed by atoms with Crippen LogP contribution in [0.25, 0.3) is 0 Å². The Balaban J connectivity index is 2.86. The lowest BCUT2D eigenvalue weighted by molar-refractivity contribution is 0.548. The van der Waals surface area contributed by atoms with Gasteiger partial charge in [0.05, 0.1) is 0 Å². The smallest absolute Gasteiger partial charge is 0.123 e. The van der Waals surface area contributed by atoms with E-state index >= 15 is 0 Å². The van der Waals surface area contributed by atoms with E-state index in [4.69, 9.17) is 0 Å². The van der Waals surface area contributed by atoms with E-state index in [9.17, 15) is 4.39 Å². The summed E-state index contributed by atoms with van der Waals surface area (Å²) in [7, 11) is 0. The molecule has 0 N–H and O–H groups in total. The van der Waals surface area contributed by atoms with Crippen molar-refractivity contribution < 1.29 is 4.39 Å². The van der Waals surface area contributed by atoms with Crippen LogP contribution in [-0.2, 0) is 0 Å². The standard InChI is InChI=1S/C12H16F/c1-4-12(9(2)3)10-5-7-11(13)8-6-10/h4-9,12H,1-3H3/t12-/m0/s1. The van der Waals surface area contributed by atoms with Crippen molar-refractivity contribution in [2.45, 2.75) is 26.7 Å². The van der Waals surface area contributed by atoms with Gasteiger partial charge in [0.2, 0.25) is 0 Å². The highest BCUT2D eigenvalue weighted by Gasteiger charge is 2.13. The molecule has 0 aliphatic heterocycles. The summed E-state index contributed by atoms with van der Waals surface area (Å²) in [6.07, 6.45) is 2.16. The average Bonchev–Trinajstić information content (AvgIpc) is 2.09. The van der Waals surface area contributed by atoms with Crippen molar-refractivity contribution in [2.75, 3.05) is 0 Å². The van der Waals surface area contributed by atoms with E-state index < -0.39 is 0 Å². The van der Waals surface area contributed by atoms with Crippen molar-refractivity contribution in [2.24, 2.45) is 5.92 Å². The van der Waals surface area contributed by atoms with Crippen LogP contribution in [0.15, 0.2) is 24.3 Å². The van der Waals surface area contributed by atoms with Crippen LogP contribution >= 0.6 is 0 Å². The van der Waals surface area contributed by atoms with Gasteiger partial charge in [0, 0.05) is 0 Å². The van der Waals surface area contributed by atoms with Gasteiger partial charge in [-0.05, 0) is 36.0 Å². The Bertz CT molecular complexity index is 248. The van der Waals surface area contributed by atoms with Crippen molar-refractivity contribution in [3.63, 3.8) is 0 Å². The van der Waals surface area contributed by atoms with Crippen LogP contribution in [0.5, 0.6) is 0 Å². The zero-order chi connectivity index (χ0) is 9.84. The Kier molecular flexibility index (Phi) is 3.47. The molecule has 1 radical (unpaired) electrons. The summed E-state index contributed by atoms with van der Waals surface area (Å²) in [6.45, 7) is 6.40. The maximum atomic E-state index is 12.6. The van der Waals surface area contributed by atoms with Crippen molar-refractivity contribution in [3.05, 3.63) is 42.1 Å². The van der Waals surface area contributed by atoms with E-state index in [1.54, 1.807) is 0 Å². The van der Waals surface area contributed by atoms with Crippen LogP contribution in [0.4, 0.5) is 4.39 Å². The molecule has 13 heavy (non-hydrogen) atoms. The molecule has 71 valence electrons. The van der Waals surface area contributed by atoms with E-state index in [0.29, 0.717) is 11.8 Å². The van der Waals surface area contributed by atoms with Gasteiger partial charge in [0.15, 0.2) is 0 Å². The first-order valence-corrected chi connectivity index (χ1v) is 4.70. The van der Waals surface area contributed by atoms with Crippen LogP contribution in [0.1, 0.15) is 32.3 Å². The van der Waals surface area contributed by atoms with Gasteiger partial charge in [-0.25, -0.2) is 4.39 Å². The highest BCUT2D eigenvalue weighted by molar-refractivity contribution is 5.23. The van der Waals surface area contributed by atoms with Gasteiger partial charge in [0.1, 0.15) is 5.82 Å². The number of rotatable bonds is 3. The normalized spacial score (nSPS) is 13.3. The minimum Gasteiger partial charge on any atom is -0.207 e. The highest BCUT2D eigenvalue weighted by atomic mass is 19.1. The predicted octanol–water partition coefficient (Wildman–Crippen LogP) is 3.79. The van der Waals surface area contributed by atoms with E-state index in [1.807, 2.05) is 19.1 Å². The molecule has 0 amide bonds. The number of hydrogen-bond donors (Lipinski definition) is 0. The van der Waals surface area contributed by atoms with Crippen molar-refractivity contribution in [3.8, 4) is 0 Å².